The highest BCUT2D eigenvalue weighted by Gasteiger charge is 1.99. The summed E-state index contributed by atoms with van der Waals surface area (Å²) >= 11 is 0. The van der Waals surface area contributed by atoms with Gasteiger partial charge < -0.3 is 4.74 Å². The van der Waals surface area contributed by atoms with Crippen molar-refractivity contribution in [1.29, 1.82) is 0 Å². The van der Waals surface area contributed by atoms with Gasteiger partial charge in [0.25, 0.3) is 0 Å². The Bertz CT molecular complexity index is 273. The van der Waals surface area contributed by atoms with Gasteiger partial charge in [-0.05, 0) is 19.5 Å². The summed E-state index contributed by atoms with van der Waals surface area (Å²) in [6.45, 7) is 8.89. The van der Waals surface area contributed by atoms with Crippen LogP contribution in [0.1, 0.15) is 25.0 Å². The Morgan fingerprint density at radius 1 is 1.25 bits per heavy atom. The largest absolute Gasteiger partial charge is 0.383 e. The van der Waals surface area contributed by atoms with E-state index >= 15 is 0 Å². The molecule has 0 unspecified atom stereocenters. The Labute approximate surface area is 100 Å². The molecule has 0 atom stereocenters. The number of ether oxygens (including phenoxy) is 1. The average Bonchev–Trinajstić information content (AvgIpc) is 2.29. The van der Waals surface area contributed by atoms with E-state index in [4.69, 9.17) is 4.74 Å². The average molecular weight is 223 g/mol. The van der Waals surface area contributed by atoms with Crippen molar-refractivity contribution in [3.05, 3.63) is 35.4 Å². The van der Waals surface area contributed by atoms with Crippen LogP contribution in [0.2, 0.25) is 0 Å². The molecule has 0 aromatic heterocycles. The predicted octanol–water partition coefficient (Wildman–Crippen LogP) is 3.10. The maximum Gasteiger partial charge on any atom is 0.0589 e. The summed E-state index contributed by atoms with van der Waals surface area (Å²) in [6.07, 6.45) is 0. The zero-order valence-corrected chi connectivity index (χ0v) is 11.3. The van der Waals surface area contributed by atoms with Gasteiger partial charge in [0.05, 0.1) is 6.61 Å². The smallest absolute Gasteiger partial charge is 0.0589 e. The minimum atomic E-state index is 0.794. The molecule has 0 bridgehead atoms. The van der Waals surface area contributed by atoms with Crippen LogP contribution < -0.4 is 0 Å². The second-order valence-electron chi connectivity index (χ2n) is 3.72. The van der Waals surface area contributed by atoms with Crippen molar-refractivity contribution in [3.63, 3.8) is 0 Å². The summed E-state index contributed by atoms with van der Waals surface area (Å²) in [5, 5.41) is 0. The molecule has 16 heavy (non-hydrogen) atoms. The zero-order valence-electron chi connectivity index (χ0n) is 11.3. The van der Waals surface area contributed by atoms with E-state index < -0.39 is 0 Å². The van der Waals surface area contributed by atoms with Crippen LogP contribution in [0.3, 0.4) is 0 Å². The van der Waals surface area contributed by atoms with Crippen LogP contribution in [0.15, 0.2) is 24.3 Å². The van der Waals surface area contributed by atoms with E-state index in [0.717, 1.165) is 19.7 Å². The Morgan fingerprint density at radius 3 is 2.50 bits per heavy atom. The van der Waals surface area contributed by atoms with Gasteiger partial charge >= 0.3 is 0 Å². The Morgan fingerprint density at radius 2 is 1.94 bits per heavy atom. The molecule has 1 aromatic rings. The number of methoxy groups -OCH3 is 1. The molecule has 0 aliphatic rings. The molecule has 0 N–H and O–H groups in total. The Kier molecular flexibility index (Phi) is 8.87. The molecule has 0 aliphatic heterocycles. The van der Waals surface area contributed by atoms with Crippen LogP contribution in [-0.2, 0) is 11.3 Å². The summed E-state index contributed by atoms with van der Waals surface area (Å²) < 4.78 is 5.03. The first-order valence-corrected chi connectivity index (χ1v) is 5.95. The quantitative estimate of drug-likeness (QED) is 0.760. The number of hydrogen-bond acceptors (Lipinski definition) is 2. The van der Waals surface area contributed by atoms with Crippen LogP contribution in [0.25, 0.3) is 0 Å². The highest BCUT2D eigenvalue weighted by Crippen LogP contribution is 2.06. The molecule has 1 aromatic carbocycles. The van der Waals surface area contributed by atoms with Crippen LogP contribution >= 0.6 is 0 Å². The SMILES string of the molecule is CC.COCCN(C)Cc1cccc(C)c1. The minimum Gasteiger partial charge on any atom is -0.383 e. The highest BCUT2D eigenvalue weighted by atomic mass is 16.5. The van der Waals surface area contributed by atoms with Crippen LogP contribution in [0.4, 0.5) is 0 Å². The fourth-order valence-corrected chi connectivity index (χ4v) is 1.45. The molecule has 1 rings (SSSR count). The van der Waals surface area contributed by atoms with E-state index in [-0.39, 0.29) is 0 Å². The lowest BCUT2D eigenvalue weighted by molar-refractivity contribution is 0.158. The molecule has 0 radical (unpaired) electrons. The maximum absolute atomic E-state index is 5.03. The number of benzene rings is 1. The van der Waals surface area contributed by atoms with Crippen molar-refractivity contribution < 1.29 is 4.74 Å². The monoisotopic (exact) mass is 223 g/mol. The lowest BCUT2D eigenvalue weighted by atomic mass is 10.1. The third kappa shape index (κ3) is 6.59. The van der Waals surface area contributed by atoms with E-state index in [1.807, 2.05) is 13.8 Å². The van der Waals surface area contributed by atoms with Gasteiger partial charge in [-0.3, -0.25) is 4.90 Å². The van der Waals surface area contributed by atoms with Crippen LogP contribution in [-0.4, -0.2) is 32.2 Å². The number of likely N-dealkylation sites (N-methyl/N-ethyl adjacent to an activating group) is 1. The van der Waals surface area contributed by atoms with Gasteiger partial charge in [0.15, 0.2) is 0 Å². The van der Waals surface area contributed by atoms with Gasteiger partial charge in [-0.25, -0.2) is 0 Å². The van der Waals surface area contributed by atoms with Crippen molar-refractivity contribution in [2.75, 3.05) is 27.3 Å². The lowest BCUT2D eigenvalue weighted by Gasteiger charge is -2.16. The topological polar surface area (TPSA) is 12.5 Å². The molecule has 2 heteroatoms. The summed E-state index contributed by atoms with van der Waals surface area (Å²) in [6, 6.07) is 8.62. The van der Waals surface area contributed by atoms with Gasteiger partial charge in [-0.1, -0.05) is 43.7 Å². The molecule has 0 aliphatic carbocycles. The summed E-state index contributed by atoms with van der Waals surface area (Å²) in [5.74, 6) is 0. The molecule has 92 valence electrons. The number of aryl methyl sites for hydroxylation is 1. The molecule has 0 spiro atoms. The van der Waals surface area contributed by atoms with Crippen molar-refractivity contribution in [2.45, 2.75) is 27.3 Å². The molecule has 0 fully saturated rings. The van der Waals surface area contributed by atoms with Gasteiger partial charge in [0.2, 0.25) is 0 Å². The van der Waals surface area contributed by atoms with E-state index in [2.05, 4.69) is 43.1 Å². The first kappa shape index (κ1) is 15.1. The number of hydrogen-bond donors (Lipinski definition) is 0. The van der Waals surface area contributed by atoms with E-state index in [0.29, 0.717) is 0 Å². The predicted molar refractivity (Wildman–Crippen MR) is 70.7 cm³/mol. The fourth-order valence-electron chi connectivity index (χ4n) is 1.45. The molecule has 0 saturated carbocycles. The second-order valence-corrected chi connectivity index (χ2v) is 3.72. The van der Waals surface area contributed by atoms with Gasteiger partial charge in [-0.2, -0.15) is 0 Å². The zero-order chi connectivity index (χ0) is 12.4. The van der Waals surface area contributed by atoms with Crippen molar-refractivity contribution in [1.82, 2.24) is 4.90 Å². The van der Waals surface area contributed by atoms with E-state index in [9.17, 15) is 0 Å². The minimum absolute atomic E-state index is 0.794. The lowest BCUT2D eigenvalue weighted by Crippen LogP contribution is -2.22. The molecule has 2 nitrogen and oxygen atoms in total. The van der Waals surface area contributed by atoms with Gasteiger partial charge in [0, 0.05) is 20.2 Å². The third-order valence-corrected chi connectivity index (χ3v) is 2.21. The van der Waals surface area contributed by atoms with Crippen LogP contribution in [0, 0.1) is 6.92 Å². The standard InChI is InChI=1S/C12H19NO.C2H6/c1-11-5-4-6-12(9-11)10-13(2)7-8-14-3;1-2/h4-6,9H,7-8,10H2,1-3H3;1-2H3. The molecular weight excluding hydrogens is 198 g/mol. The normalized spacial score (nSPS) is 9.88. The fraction of sp³-hybridized carbons (Fsp3) is 0.571. The first-order valence-electron chi connectivity index (χ1n) is 5.95. The van der Waals surface area contributed by atoms with Crippen molar-refractivity contribution in [3.8, 4) is 0 Å². The Balaban J connectivity index is 0.00000106. The molecule has 0 amide bonds. The van der Waals surface area contributed by atoms with E-state index in [1.165, 1.54) is 11.1 Å². The molecular formula is C14H25NO. The van der Waals surface area contributed by atoms with E-state index in [1.54, 1.807) is 7.11 Å². The van der Waals surface area contributed by atoms with Gasteiger partial charge in [0.1, 0.15) is 0 Å². The summed E-state index contributed by atoms with van der Waals surface area (Å²) in [5.41, 5.74) is 2.69. The van der Waals surface area contributed by atoms with Gasteiger partial charge in [-0.15, -0.1) is 0 Å². The van der Waals surface area contributed by atoms with Crippen molar-refractivity contribution in [2.24, 2.45) is 0 Å². The summed E-state index contributed by atoms with van der Waals surface area (Å²) in [4.78, 5) is 2.26. The number of rotatable bonds is 5. The maximum atomic E-state index is 5.03. The van der Waals surface area contributed by atoms with Crippen LogP contribution in [0.5, 0.6) is 0 Å². The molecule has 0 saturated heterocycles. The van der Waals surface area contributed by atoms with Crippen molar-refractivity contribution >= 4 is 0 Å². The second kappa shape index (κ2) is 9.37. The molecule has 0 heterocycles. The Hall–Kier alpha value is -0.860. The summed E-state index contributed by atoms with van der Waals surface area (Å²) in [7, 11) is 3.85. The third-order valence-electron chi connectivity index (χ3n) is 2.21. The number of nitrogens with zero attached hydrogens (tertiary/aromatic N) is 1. The first-order chi connectivity index (χ1) is 7.72. The highest BCUT2D eigenvalue weighted by molar-refractivity contribution is 5.21.